The number of carbonyl (C=O) groups is 1. The minimum atomic E-state index is -0.243. The van der Waals surface area contributed by atoms with Crippen molar-refractivity contribution in [3.63, 3.8) is 0 Å². The number of rotatable bonds is 10. The van der Waals surface area contributed by atoms with Gasteiger partial charge in [0, 0.05) is 22.1 Å². The van der Waals surface area contributed by atoms with Crippen LogP contribution in [0.2, 0.25) is 5.02 Å². The highest BCUT2D eigenvalue weighted by Crippen LogP contribution is 2.20. The van der Waals surface area contributed by atoms with E-state index in [0.29, 0.717) is 22.6 Å². The number of nitrogens with one attached hydrogen (secondary N) is 4. The van der Waals surface area contributed by atoms with E-state index in [1.165, 1.54) is 11.1 Å². The van der Waals surface area contributed by atoms with Crippen molar-refractivity contribution in [1.82, 2.24) is 15.0 Å². The van der Waals surface area contributed by atoms with Gasteiger partial charge >= 0.3 is 0 Å². The molecule has 0 bridgehead atoms. The van der Waals surface area contributed by atoms with E-state index in [4.69, 9.17) is 11.6 Å². The van der Waals surface area contributed by atoms with Crippen LogP contribution < -0.4 is 21.3 Å². The van der Waals surface area contributed by atoms with Gasteiger partial charge < -0.3 is 21.3 Å². The number of aromatic nitrogens is 3. The fraction of sp³-hybridized carbons (Fsp3) is 0.185. The second-order valence-electron chi connectivity index (χ2n) is 8.07. The molecule has 4 rings (SSSR count). The van der Waals surface area contributed by atoms with E-state index in [1.807, 2.05) is 24.3 Å². The standard InChI is InChI=1S/C27H28ClN7O/c1-3-18-5-11-22(12-6-18)31-26-33-25(29-17-24(36)30-21-15-9-20(28)10-16-21)34-27(35-26)32-23-13-7-19(4-2)8-14-23/h5-16H,3-4,17H2,1-2H3,(H,30,36)(H3,29,31,32,33,34,35). The predicted octanol–water partition coefficient (Wildman–Crippen LogP) is 6.19. The van der Waals surface area contributed by atoms with Crippen molar-refractivity contribution in [2.24, 2.45) is 0 Å². The summed E-state index contributed by atoms with van der Waals surface area (Å²) < 4.78 is 0. The molecule has 184 valence electrons. The van der Waals surface area contributed by atoms with Gasteiger partial charge in [-0.1, -0.05) is 49.7 Å². The molecule has 0 fully saturated rings. The summed E-state index contributed by atoms with van der Waals surface area (Å²) in [6.07, 6.45) is 1.92. The lowest BCUT2D eigenvalue weighted by atomic mass is 10.1. The fourth-order valence-corrected chi connectivity index (χ4v) is 3.50. The monoisotopic (exact) mass is 501 g/mol. The fourth-order valence-electron chi connectivity index (χ4n) is 3.37. The van der Waals surface area contributed by atoms with Crippen LogP contribution in [0, 0.1) is 0 Å². The van der Waals surface area contributed by atoms with Gasteiger partial charge in [-0.15, -0.1) is 0 Å². The van der Waals surface area contributed by atoms with Gasteiger partial charge in [0.2, 0.25) is 23.8 Å². The number of aryl methyl sites for hydroxylation is 2. The first-order valence-corrected chi connectivity index (χ1v) is 12.2. The predicted molar refractivity (Wildman–Crippen MR) is 147 cm³/mol. The molecular formula is C27H28ClN7O. The molecule has 4 aromatic rings. The topological polar surface area (TPSA) is 104 Å². The van der Waals surface area contributed by atoms with E-state index in [2.05, 4.69) is 74.3 Å². The molecule has 0 aliphatic heterocycles. The van der Waals surface area contributed by atoms with Gasteiger partial charge in [-0.05, 0) is 72.5 Å². The van der Waals surface area contributed by atoms with Gasteiger partial charge in [0.25, 0.3) is 0 Å². The second kappa shape index (κ2) is 12.0. The Morgan fingerprint density at radius 1 is 0.667 bits per heavy atom. The van der Waals surface area contributed by atoms with Crippen LogP contribution in [-0.2, 0) is 17.6 Å². The molecule has 3 aromatic carbocycles. The number of hydrogen-bond donors (Lipinski definition) is 4. The zero-order valence-electron chi connectivity index (χ0n) is 20.2. The lowest BCUT2D eigenvalue weighted by Gasteiger charge is -2.12. The van der Waals surface area contributed by atoms with Gasteiger partial charge in [0.1, 0.15) is 0 Å². The Balaban J connectivity index is 1.50. The summed E-state index contributed by atoms with van der Waals surface area (Å²) in [5.41, 5.74) is 4.83. The van der Waals surface area contributed by atoms with Gasteiger partial charge in [-0.25, -0.2) is 0 Å². The summed E-state index contributed by atoms with van der Waals surface area (Å²) in [4.78, 5) is 25.8. The summed E-state index contributed by atoms with van der Waals surface area (Å²) in [6, 6.07) is 23.0. The minimum absolute atomic E-state index is 0.0259. The van der Waals surface area contributed by atoms with Gasteiger partial charge in [-0.3, -0.25) is 4.79 Å². The van der Waals surface area contributed by atoms with Crippen LogP contribution in [0.5, 0.6) is 0 Å². The first-order chi connectivity index (χ1) is 17.5. The van der Waals surface area contributed by atoms with Crippen LogP contribution in [0.4, 0.5) is 34.9 Å². The van der Waals surface area contributed by atoms with E-state index < -0.39 is 0 Å². The molecule has 0 aliphatic carbocycles. The molecule has 0 atom stereocenters. The SMILES string of the molecule is CCc1ccc(Nc2nc(NCC(=O)Nc3ccc(Cl)cc3)nc(Nc3ccc(CC)cc3)n2)cc1. The van der Waals surface area contributed by atoms with Crippen molar-refractivity contribution in [2.75, 3.05) is 27.8 Å². The van der Waals surface area contributed by atoms with E-state index >= 15 is 0 Å². The highest BCUT2D eigenvalue weighted by Gasteiger charge is 2.10. The van der Waals surface area contributed by atoms with Crippen molar-refractivity contribution in [2.45, 2.75) is 26.7 Å². The van der Waals surface area contributed by atoms with E-state index in [9.17, 15) is 4.79 Å². The number of halogens is 1. The number of benzene rings is 3. The number of hydrogen-bond acceptors (Lipinski definition) is 7. The summed E-state index contributed by atoms with van der Waals surface area (Å²) in [5.74, 6) is 0.716. The maximum absolute atomic E-state index is 12.4. The first-order valence-electron chi connectivity index (χ1n) is 11.8. The number of carbonyl (C=O) groups excluding carboxylic acids is 1. The largest absolute Gasteiger partial charge is 0.345 e. The average molecular weight is 502 g/mol. The van der Waals surface area contributed by atoms with Crippen LogP contribution in [0.15, 0.2) is 72.8 Å². The molecule has 9 heteroatoms. The Hall–Kier alpha value is -4.17. The second-order valence-corrected chi connectivity index (χ2v) is 8.50. The van der Waals surface area contributed by atoms with Crippen LogP contribution in [0.3, 0.4) is 0 Å². The zero-order chi connectivity index (χ0) is 25.3. The molecular weight excluding hydrogens is 474 g/mol. The summed E-state index contributed by atoms with van der Waals surface area (Å²) in [7, 11) is 0. The Labute approximate surface area is 215 Å². The molecule has 4 N–H and O–H groups in total. The molecule has 8 nitrogen and oxygen atoms in total. The molecule has 1 amide bonds. The number of amides is 1. The quantitative estimate of drug-likeness (QED) is 0.205. The Morgan fingerprint density at radius 2 is 1.11 bits per heavy atom. The minimum Gasteiger partial charge on any atom is -0.345 e. The van der Waals surface area contributed by atoms with Crippen molar-refractivity contribution < 1.29 is 4.79 Å². The Kier molecular flexibility index (Phi) is 8.31. The molecule has 36 heavy (non-hydrogen) atoms. The van der Waals surface area contributed by atoms with E-state index in [0.717, 1.165) is 24.2 Å². The smallest absolute Gasteiger partial charge is 0.243 e. The van der Waals surface area contributed by atoms with Gasteiger partial charge in [0.05, 0.1) is 6.54 Å². The van der Waals surface area contributed by atoms with Crippen LogP contribution in [0.1, 0.15) is 25.0 Å². The third-order valence-electron chi connectivity index (χ3n) is 5.41. The average Bonchev–Trinajstić information content (AvgIpc) is 2.90. The van der Waals surface area contributed by atoms with Crippen molar-refractivity contribution in [3.8, 4) is 0 Å². The highest BCUT2D eigenvalue weighted by atomic mass is 35.5. The molecule has 1 aromatic heterocycles. The molecule has 0 saturated heterocycles. The molecule has 0 saturated carbocycles. The maximum atomic E-state index is 12.4. The van der Waals surface area contributed by atoms with E-state index in [1.54, 1.807) is 24.3 Å². The molecule has 1 heterocycles. The van der Waals surface area contributed by atoms with Crippen LogP contribution in [-0.4, -0.2) is 27.4 Å². The highest BCUT2D eigenvalue weighted by molar-refractivity contribution is 6.30. The Morgan fingerprint density at radius 3 is 1.58 bits per heavy atom. The molecule has 0 radical (unpaired) electrons. The van der Waals surface area contributed by atoms with Gasteiger partial charge in [0.15, 0.2) is 0 Å². The lowest BCUT2D eigenvalue weighted by molar-refractivity contribution is -0.114. The van der Waals surface area contributed by atoms with Gasteiger partial charge in [-0.2, -0.15) is 15.0 Å². The van der Waals surface area contributed by atoms with Crippen LogP contribution in [0.25, 0.3) is 0 Å². The van der Waals surface area contributed by atoms with Crippen molar-refractivity contribution >= 4 is 52.4 Å². The van der Waals surface area contributed by atoms with E-state index in [-0.39, 0.29) is 18.4 Å². The van der Waals surface area contributed by atoms with Crippen LogP contribution >= 0.6 is 11.6 Å². The third-order valence-corrected chi connectivity index (χ3v) is 5.66. The van der Waals surface area contributed by atoms with Crippen molar-refractivity contribution in [1.29, 1.82) is 0 Å². The summed E-state index contributed by atoms with van der Waals surface area (Å²) in [6.45, 7) is 4.20. The zero-order valence-corrected chi connectivity index (χ0v) is 20.9. The Bertz CT molecular complexity index is 1230. The first kappa shape index (κ1) is 24.9. The maximum Gasteiger partial charge on any atom is 0.243 e. The lowest BCUT2D eigenvalue weighted by Crippen LogP contribution is -2.23. The summed E-state index contributed by atoms with van der Waals surface area (Å²) >= 11 is 5.91. The van der Waals surface area contributed by atoms with Crippen molar-refractivity contribution in [3.05, 3.63) is 88.9 Å². The summed E-state index contributed by atoms with van der Waals surface area (Å²) in [5, 5.41) is 12.8. The number of anilines is 6. The number of nitrogens with zero attached hydrogens (tertiary/aromatic N) is 3. The normalized spacial score (nSPS) is 10.5. The molecule has 0 aliphatic rings. The molecule has 0 unspecified atom stereocenters. The third kappa shape index (κ3) is 7.16. The molecule has 0 spiro atoms.